The molecule has 0 bridgehead atoms. The summed E-state index contributed by atoms with van der Waals surface area (Å²) in [5.74, 6) is 0.505. The summed E-state index contributed by atoms with van der Waals surface area (Å²) in [6, 6.07) is -0.226. The minimum atomic E-state index is -3.03. The highest BCUT2D eigenvalue weighted by atomic mass is 32.2. The first-order valence-electron chi connectivity index (χ1n) is 9.30. The van der Waals surface area contributed by atoms with Crippen molar-refractivity contribution in [1.29, 1.82) is 0 Å². The van der Waals surface area contributed by atoms with Crippen LogP contribution < -0.4 is 5.32 Å². The number of amides is 1. The molecule has 1 amide bonds. The minimum absolute atomic E-state index is 0.0139. The highest BCUT2D eigenvalue weighted by molar-refractivity contribution is 7.91. The number of hydrogen-bond acceptors (Lipinski definition) is 4. The number of nitrogens with zero attached hydrogens (tertiary/aromatic N) is 1. The van der Waals surface area contributed by atoms with Crippen LogP contribution in [0, 0.1) is 5.92 Å². The molecule has 2 atom stereocenters. The molecule has 3 aliphatic rings. The third kappa shape index (κ3) is 4.47. The van der Waals surface area contributed by atoms with Crippen LogP contribution in [0.25, 0.3) is 0 Å². The molecule has 2 saturated heterocycles. The van der Waals surface area contributed by atoms with Gasteiger partial charge >= 0.3 is 0 Å². The molecule has 132 valence electrons. The van der Waals surface area contributed by atoms with E-state index >= 15 is 0 Å². The molecule has 1 saturated carbocycles. The van der Waals surface area contributed by atoms with Crippen LogP contribution in [0.3, 0.4) is 0 Å². The first-order valence-corrected chi connectivity index (χ1v) is 11.1. The van der Waals surface area contributed by atoms with Crippen molar-refractivity contribution in [1.82, 2.24) is 10.2 Å². The number of likely N-dealkylation sites (tertiary alicyclic amines) is 1. The lowest BCUT2D eigenvalue weighted by Crippen LogP contribution is -2.51. The van der Waals surface area contributed by atoms with Gasteiger partial charge in [-0.1, -0.05) is 32.1 Å². The number of hydrogen-bond donors (Lipinski definition) is 1. The van der Waals surface area contributed by atoms with Gasteiger partial charge < -0.3 is 5.32 Å². The Labute approximate surface area is 140 Å². The zero-order valence-corrected chi connectivity index (χ0v) is 14.8. The van der Waals surface area contributed by atoms with Crippen molar-refractivity contribution < 1.29 is 13.2 Å². The average Bonchev–Trinajstić information content (AvgIpc) is 3.05. The predicted octanol–water partition coefficient (Wildman–Crippen LogP) is 1.72. The largest absolute Gasteiger partial charge is 0.350 e. The van der Waals surface area contributed by atoms with Crippen molar-refractivity contribution >= 4 is 15.7 Å². The lowest BCUT2D eigenvalue weighted by molar-refractivity contribution is -0.126. The van der Waals surface area contributed by atoms with Crippen LogP contribution in [-0.2, 0) is 14.6 Å². The molecule has 1 N–H and O–H groups in total. The summed E-state index contributed by atoms with van der Waals surface area (Å²) in [6.07, 6.45) is 10.2. The molecule has 2 heterocycles. The van der Waals surface area contributed by atoms with Gasteiger partial charge in [0.1, 0.15) is 0 Å². The Balaban J connectivity index is 1.62. The molecule has 0 aromatic rings. The summed E-state index contributed by atoms with van der Waals surface area (Å²) in [6.45, 7) is 1.94. The summed E-state index contributed by atoms with van der Waals surface area (Å²) in [7, 11) is -3.03. The van der Waals surface area contributed by atoms with E-state index in [9.17, 15) is 13.2 Å². The lowest BCUT2D eigenvalue weighted by Gasteiger charge is -2.29. The van der Waals surface area contributed by atoms with Crippen LogP contribution in [0.1, 0.15) is 57.8 Å². The molecule has 6 heteroatoms. The molecule has 3 rings (SSSR count). The van der Waals surface area contributed by atoms with Crippen LogP contribution in [0.15, 0.2) is 0 Å². The van der Waals surface area contributed by atoms with E-state index in [1.807, 2.05) is 0 Å². The Kier molecular flexibility index (Phi) is 5.62. The van der Waals surface area contributed by atoms with E-state index in [1.54, 1.807) is 0 Å². The minimum Gasteiger partial charge on any atom is -0.350 e. The van der Waals surface area contributed by atoms with Gasteiger partial charge in [-0.2, -0.15) is 0 Å². The second kappa shape index (κ2) is 7.51. The molecule has 0 spiro atoms. The maximum atomic E-state index is 12.7. The van der Waals surface area contributed by atoms with Gasteiger partial charge in [-0.3, -0.25) is 9.69 Å². The Morgan fingerprint density at radius 1 is 0.870 bits per heavy atom. The van der Waals surface area contributed by atoms with Gasteiger partial charge in [0.25, 0.3) is 0 Å². The summed E-state index contributed by atoms with van der Waals surface area (Å²) >= 11 is 0. The van der Waals surface area contributed by atoms with Crippen LogP contribution >= 0.6 is 0 Å². The zero-order valence-electron chi connectivity index (χ0n) is 14.0. The van der Waals surface area contributed by atoms with Crippen molar-refractivity contribution in [3.63, 3.8) is 0 Å². The predicted molar refractivity (Wildman–Crippen MR) is 91.0 cm³/mol. The zero-order chi connectivity index (χ0) is 16.3. The molecule has 5 nitrogen and oxygen atoms in total. The quantitative estimate of drug-likeness (QED) is 0.848. The number of carbonyl (C=O) groups is 1. The second-order valence-electron chi connectivity index (χ2n) is 7.54. The Hall–Kier alpha value is -0.620. The van der Waals surface area contributed by atoms with Gasteiger partial charge in [-0.05, 0) is 38.8 Å². The Morgan fingerprint density at radius 2 is 1.48 bits per heavy atom. The highest BCUT2D eigenvalue weighted by Crippen LogP contribution is 2.25. The third-order valence-electron chi connectivity index (χ3n) is 5.74. The van der Waals surface area contributed by atoms with E-state index in [1.165, 1.54) is 19.3 Å². The van der Waals surface area contributed by atoms with E-state index in [0.29, 0.717) is 0 Å². The van der Waals surface area contributed by atoms with Gasteiger partial charge in [0.05, 0.1) is 17.5 Å². The Bertz CT molecular complexity index is 506. The van der Waals surface area contributed by atoms with Crippen molar-refractivity contribution in [2.24, 2.45) is 5.92 Å². The summed E-state index contributed by atoms with van der Waals surface area (Å²) in [5.41, 5.74) is 0. The van der Waals surface area contributed by atoms with Gasteiger partial charge in [0.2, 0.25) is 5.91 Å². The fourth-order valence-electron chi connectivity index (χ4n) is 4.42. The van der Waals surface area contributed by atoms with E-state index in [0.717, 1.165) is 51.6 Å². The maximum absolute atomic E-state index is 12.7. The van der Waals surface area contributed by atoms with Crippen molar-refractivity contribution in [3.8, 4) is 0 Å². The molecular weight excluding hydrogens is 312 g/mol. The molecule has 0 unspecified atom stereocenters. The molecule has 2 aliphatic heterocycles. The van der Waals surface area contributed by atoms with Crippen LogP contribution in [0.4, 0.5) is 0 Å². The molecule has 0 aromatic carbocycles. The van der Waals surface area contributed by atoms with Gasteiger partial charge in [-0.25, -0.2) is 8.42 Å². The number of carbonyl (C=O) groups excluding carboxylic acids is 1. The average molecular weight is 343 g/mol. The first-order chi connectivity index (χ1) is 11.1. The summed E-state index contributed by atoms with van der Waals surface area (Å²) in [4.78, 5) is 14.9. The molecule has 1 aliphatic carbocycles. The third-order valence-corrected chi connectivity index (χ3v) is 7.45. The summed E-state index contributed by atoms with van der Waals surface area (Å²) < 4.78 is 24.2. The lowest BCUT2D eigenvalue weighted by atomic mass is 9.90. The highest BCUT2D eigenvalue weighted by Gasteiger charge is 2.42. The van der Waals surface area contributed by atoms with Crippen LogP contribution in [0.5, 0.6) is 0 Å². The van der Waals surface area contributed by atoms with Gasteiger partial charge in [0.15, 0.2) is 9.84 Å². The van der Waals surface area contributed by atoms with E-state index < -0.39 is 9.84 Å². The second-order valence-corrected chi connectivity index (χ2v) is 9.70. The smallest absolute Gasteiger partial charge is 0.223 e. The summed E-state index contributed by atoms with van der Waals surface area (Å²) in [5, 5.41) is 3.12. The Morgan fingerprint density at radius 3 is 2.13 bits per heavy atom. The SMILES string of the molecule is O=C(N[C@H]1CS(=O)(=O)C[C@H]1N1CCCC1)C1CCCCCCC1. The van der Waals surface area contributed by atoms with E-state index in [-0.39, 0.29) is 35.4 Å². The number of sulfone groups is 1. The van der Waals surface area contributed by atoms with Crippen LogP contribution in [0.2, 0.25) is 0 Å². The fraction of sp³-hybridized carbons (Fsp3) is 0.941. The number of rotatable bonds is 3. The molecule has 0 radical (unpaired) electrons. The van der Waals surface area contributed by atoms with Crippen LogP contribution in [-0.4, -0.2) is 55.9 Å². The van der Waals surface area contributed by atoms with Crippen molar-refractivity contribution in [2.45, 2.75) is 69.9 Å². The normalized spacial score (nSPS) is 33.2. The number of nitrogens with one attached hydrogen (secondary N) is 1. The fourth-order valence-corrected chi connectivity index (χ4v) is 6.37. The molecule has 23 heavy (non-hydrogen) atoms. The monoisotopic (exact) mass is 342 g/mol. The van der Waals surface area contributed by atoms with Gasteiger partial charge in [-0.15, -0.1) is 0 Å². The van der Waals surface area contributed by atoms with Gasteiger partial charge in [0, 0.05) is 12.0 Å². The van der Waals surface area contributed by atoms with Crippen molar-refractivity contribution in [2.75, 3.05) is 24.6 Å². The topological polar surface area (TPSA) is 66.5 Å². The van der Waals surface area contributed by atoms with E-state index in [2.05, 4.69) is 10.2 Å². The molecule has 3 fully saturated rings. The standard InChI is InChI=1S/C17H30N2O3S/c20-17(14-8-4-2-1-3-5-9-14)18-15-12-23(21,22)13-16(15)19-10-6-7-11-19/h14-16H,1-13H2,(H,18,20)/t15-,16+/m0/s1. The van der Waals surface area contributed by atoms with E-state index in [4.69, 9.17) is 0 Å². The molecule has 0 aromatic heterocycles. The first kappa shape index (κ1) is 17.2. The van der Waals surface area contributed by atoms with Crippen molar-refractivity contribution in [3.05, 3.63) is 0 Å². The molecular formula is C17H30N2O3S. The maximum Gasteiger partial charge on any atom is 0.223 e.